The van der Waals surface area contributed by atoms with Crippen LogP contribution < -0.4 is 10.2 Å². The van der Waals surface area contributed by atoms with Crippen LogP contribution in [0.25, 0.3) is 0 Å². The first kappa shape index (κ1) is 16.0. The Bertz CT molecular complexity index is 742. The summed E-state index contributed by atoms with van der Waals surface area (Å²) in [6.07, 6.45) is 7.77. The monoisotopic (exact) mass is 339 g/mol. The second-order valence-corrected chi connectivity index (χ2v) is 6.78. The van der Waals surface area contributed by atoms with Crippen molar-refractivity contribution < 1.29 is 4.79 Å². The average molecular weight is 339 g/mol. The molecule has 0 spiro atoms. The van der Waals surface area contributed by atoms with Crippen molar-refractivity contribution in [2.75, 3.05) is 29.9 Å². The van der Waals surface area contributed by atoms with Crippen molar-refractivity contribution in [3.63, 3.8) is 0 Å². The molecule has 0 radical (unpaired) electrons. The molecule has 2 aliphatic heterocycles. The van der Waals surface area contributed by atoms with E-state index < -0.39 is 0 Å². The molecule has 132 valence electrons. The van der Waals surface area contributed by atoms with Gasteiger partial charge in [0.2, 0.25) is 0 Å². The smallest absolute Gasteiger partial charge is 0.322 e. The third kappa shape index (κ3) is 3.08. The standard InChI is InChI=1S/C19H25N5O/c1-2-23-12-8-14-6-7-15(13-17(14)23)22-19(25)24-11-4-3-5-16(24)18-20-9-10-21-18/h6-7,9-10,13,16H,2-5,8,11-12H2,1H3,(H,20,21)(H,22,25). The fourth-order valence-corrected chi connectivity index (χ4v) is 3.97. The van der Waals surface area contributed by atoms with E-state index in [9.17, 15) is 4.79 Å². The molecule has 3 heterocycles. The molecule has 2 aromatic rings. The van der Waals surface area contributed by atoms with Gasteiger partial charge in [0.1, 0.15) is 5.82 Å². The highest BCUT2D eigenvalue weighted by Gasteiger charge is 2.30. The van der Waals surface area contributed by atoms with Gasteiger partial charge in [-0.05, 0) is 50.3 Å². The number of amides is 2. The Balaban J connectivity index is 1.51. The third-order valence-electron chi connectivity index (χ3n) is 5.31. The first-order chi connectivity index (χ1) is 12.3. The second-order valence-electron chi connectivity index (χ2n) is 6.78. The number of piperidine rings is 1. The van der Waals surface area contributed by atoms with Crippen molar-refractivity contribution >= 4 is 17.4 Å². The van der Waals surface area contributed by atoms with E-state index in [1.165, 1.54) is 11.3 Å². The number of hydrogen-bond donors (Lipinski definition) is 2. The Morgan fingerprint density at radius 2 is 2.28 bits per heavy atom. The minimum atomic E-state index is -0.0397. The van der Waals surface area contributed by atoms with Crippen molar-refractivity contribution in [2.45, 2.75) is 38.6 Å². The van der Waals surface area contributed by atoms with Gasteiger partial charge in [0, 0.05) is 43.4 Å². The minimum absolute atomic E-state index is 0.0327. The van der Waals surface area contributed by atoms with Crippen LogP contribution in [-0.4, -0.2) is 40.5 Å². The summed E-state index contributed by atoms with van der Waals surface area (Å²) in [6.45, 7) is 5.00. The summed E-state index contributed by atoms with van der Waals surface area (Å²) in [5, 5.41) is 3.10. The van der Waals surface area contributed by atoms with Crippen LogP contribution in [0.3, 0.4) is 0 Å². The molecular formula is C19H25N5O. The van der Waals surface area contributed by atoms with Crippen LogP contribution in [0, 0.1) is 0 Å². The number of fused-ring (bicyclic) bond motifs is 1. The highest BCUT2D eigenvalue weighted by atomic mass is 16.2. The number of imidazole rings is 1. The van der Waals surface area contributed by atoms with Gasteiger partial charge in [-0.2, -0.15) is 0 Å². The van der Waals surface area contributed by atoms with Crippen molar-refractivity contribution in [1.82, 2.24) is 14.9 Å². The number of nitrogens with one attached hydrogen (secondary N) is 2. The number of urea groups is 1. The molecule has 1 saturated heterocycles. The van der Waals surface area contributed by atoms with E-state index in [1.807, 2.05) is 17.2 Å². The molecule has 4 rings (SSSR count). The number of likely N-dealkylation sites (tertiary alicyclic amines) is 1. The Hall–Kier alpha value is -2.50. The molecule has 0 aliphatic carbocycles. The van der Waals surface area contributed by atoms with E-state index >= 15 is 0 Å². The normalized spacial score (nSPS) is 19.8. The first-order valence-electron chi connectivity index (χ1n) is 9.21. The fourth-order valence-electron chi connectivity index (χ4n) is 3.97. The largest absolute Gasteiger partial charge is 0.371 e. The quantitative estimate of drug-likeness (QED) is 0.899. The molecule has 1 unspecified atom stereocenters. The van der Waals surface area contributed by atoms with Gasteiger partial charge in [0.05, 0.1) is 6.04 Å². The summed E-state index contributed by atoms with van der Waals surface area (Å²) in [5.74, 6) is 0.876. The van der Waals surface area contributed by atoms with Crippen molar-refractivity contribution in [3.05, 3.63) is 42.0 Å². The van der Waals surface area contributed by atoms with Gasteiger partial charge in [-0.25, -0.2) is 9.78 Å². The van der Waals surface area contributed by atoms with E-state index in [4.69, 9.17) is 0 Å². The van der Waals surface area contributed by atoms with Crippen molar-refractivity contribution in [2.24, 2.45) is 0 Å². The maximum absolute atomic E-state index is 12.9. The van der Waals surface area contributed by atoms with E-state index in [2.05, 4.69) is 39.2 Å². The summed E-state index contributed by atoms with van der Waals surface area (Å²) in [6, 6.07) is 6.26. The molecular weight excluding hydrogens is 314 g/mol. The average Bonchev–Trinajstić information content (AvgIpc) is 3.31. The van der Waals surface area contributed by atoms with E-state index in [0.717, 1.165) is 56.8 Å². The molecule has 6 nitrogen and oxygen atoms in total. The lowest BCUT2D eigenvalue weighted by atomic mass is 10.0. The Morgan fingerprint density at radius 3 is 3.08 bits per heavy atom. The number of carbonyl (C=O) groups excluding carboxylic acids is 1. The molecule has 2 N–H and O–H groups in total. The van der Waals surface area contributed by atoms with Gasteiger partial charge >= 0.3 is 6.03 Å². The minimum Gasteiger partial charge on any atom is -0.371 e. The maximum Gasteiger partial charge on any atom is 0.322 e. The van der Waals surface area contributed by atoms with Crippen molar-refractivity contribution in [3.8, 4) is 0 Å². The summed E-state index contributed by atoms with van der Waals surface area (Å²) in [7, 11) is 0. The molecule has 25 heavy (non-hydrogen) atoms. The number of likely N-dealkylation sites (N-methyl/N-ethyl adjacent to an activating group) is 1. The maximum atomic E-state index is 12.9. The SMILES string of the molecule is CCN1CCc2ccc(NC(=O)N3CCCCC3c3ncc[nH]3)cc21. The molecule has 1 atom stereocenters. The second kappa shape index (κ2) is 6.78. The van der Waals surface area contributed by atoms with E-state index in [0.29, 0.717) is 0 Å². The Morgan fingerprint density at radius 1 is 1.36 bits per heavy atom. The third-order valence-corrected chi connectivity index (χ3v) is 5.31. The van der Waals surface area contributed by atoms with Crippen LogP contribution in [0.15, 0.2) is 30.6 Å². The lowest BCUT2D eigenvalue weighted by Gasteiger charge is -2.34. The zero-order chi connectivity index (χ0) is 17.2. The zero-order valence-corrected chi connectivity index (χ0v) is 14.7. The lowest BCUT2D eigenvalue weighted by molar-refractivity contribution is 0.160. The molecule has 6 heteroatoms. The topological polar surface area (TPSA) is 64.3 Å². The van der Waals surface area contributed by atoms with E-state index in [-0.39, 0.29) is 12.1 Å². The molecule has 0 saturated carbocycles. The predicted octanol–water partition coefficient (Wildman–Crippen LogP) is 3.55. The zero-order valence-electron chi connectivity index (χ0n) is 14.7. The molecule has 2 aliphatic rings. The summed E-state index contributed by atoms with van der Waals surface area (Å²) < 4.78 is 0. The summed E-state index contributed by atoms with van der Waals surface area (Å²) in [4.78, 5) is 24.7. The lowest BCUT2D eigenvalue weighted by Crippen LogP contribution is -2.41. The summed E-state index contributed by atoms with van der Waals surface area (Å²) >= 11 is 0. The number of aromatic nitrogens is 2. The molecule has 0 bridgehead atoms. The number of H-pyrrole nitrogens is 1. The number of anilines is 2. The number of nitrogens with zero attached hydrogens (tertiary/aromatic N) is 3. The Kier molecular flexibility index (Phi) is 4.34. The highest BCUT2D eigenvalue weighted by molar-refractivity contribution is 5.90. The molecule has 2 amide bonds. The van der Waals surface area contributed by atoms with Crippen LogP contribution in [0.2, 0.25) is 0 Å². The van der Waals surface area contributed by atoms with Gasteiger partial charge in [-0.15, -0.1) is 0 Å². The number of carbonyl (C=O) groups is 1. The van der Waals surface area contributed by atoms with Gasteiger partial charge in [0.25, 0.3) is 0 Å². The summed E-state index contributed by atoms with van der Waals surface area (Å²) in [5.41, 5.74) is 3.49. The van der Waals surface area contributed by atoms with Crippen molar-refractivity contribution in [1.29, 1.82) is 0 Å². The van der Waals surface area contributed by atoms with Crippen LogP contribution in [-0.2, 0) is 6.42 Å². The number of benzene rings is 1. The van der Waals surface area contributed by atoms with Gasteiger partial charge < -0.3 is 20.1 Å². The molecule has 1 aromatic carbocycles. The van der Waals surface area contributed by atoms with E-state index in [1.54, 1.807) is 6.20 Å². The van der Waals surface area contributed by atoms with Crippen LogP contribution in [0.1, 0.15) is 43.6 Å². The number of rotatable bonds is 3. The fraction of sp³-hybridized carbons (Fsp3) is 0.474. The molecule has 1 aromatic heterocycles. The van der Waals surface area contributed by atoms with Crippen LogP contribution in [0.4, 0.5) is 16.2 Å². The molecule has 1 fully saturated rings. The highest BCUT2D eigenvalue weighted by Crippen LogP contribution is 2.32. The van der Waals surface area contributed by atoms with Crippen LogP contribution >= 0.6 is 0 Å². The van der Waals surface area contributed by atoms with Gasteiger partial charge in [-0.1, -0.05) is 6.07 Å². The van der Waals surface area contributed by atoms with Crippen LogP contribution in [0.5, 0.6) is 0 Å². The number of aromatic amines is 1. The Labute approximate surface area is 148 Å². The first-order valence-corrected chi connectivity index (χ1v) is 9.21. The predicted molar refractivity (Wildman–Crippen MR) is 98.9 cm³/mol. The number of hydrogen-bond acceptors (Lipinski definition) is 3. The van der Waals surface area contributed by atoms with Gasteiger partial charge in [0.15, 0.2) is 0 Å². The van der Waals surface area contributed by atoms with Gasteiger partial charge in [-0.3, -0.25) is 0 Å².